The molecule has 154 valence electrons. The molecule has 1 aliphatic carbocycles. The molecule has 0 bridgehead atoms. The van der Waals surface area contributed by atoms with Gasteiger partial charge in [0, 0.05) is 55.2 Å². The maximum absolute atomic E-state index is 5.60. The van der Waals surface area contributed by atoms with Gasteiger partial charge in [-0.25, -0.2) is 14.6 Å². The second kappa shape index (κ2) is 6.60. The predicted molar refractivity (Wildman–Crippen MR) is 117 cm³/mol. The first-order valence-corrected chi connectivity index (χ1v) is 10.8. The van der Waals surface area contributed by atoms with Gasteiger partial charge in [-0.3, -0.25) is 4.99 Å². The smallest absolute Gasteiger partial charge is 0.159 e. The van der Waals surface area contributed by atoms with E-state index in [1.54, 1.807) is 6.33 Å². The Balaban J connectivity index is 1.34. The second-order valence-corrected chi connectivity index (χ2v) is 9.12. The van der Waals surface area contributed by atoms with Crippen molar-refractivity contribution in [3.63, 3.8) is 0 Å². The summed E-state index contributed by atoms with van der Waals surface area (Å²) >= 11 is 0. The molecule has 6 rings (SSSR count). The summed E-state index contributed by atoms with van der Waals surface area (Å²) in [6.07, 6.45) is 10.4. The summed E-state index contributed by atoms with van der Waals surface area (Å²) in [4.78, 5) is 15.7. The van der Waals surface area contributed by atoms with Crippen LogP contribution in [0.3, 0.4) is 0 Å². The highest BCUT2D eigenvalue weighted by molar-refractivity contribution is 5.84. The lowest BCUT2D eigenvalue weighted by Gasteiger charge is -2.47. The van der Waals surface area contributed by atoms with Crippen LogP contribution in [-0.2, 0) is 10.2 Å². The highest BCUT2D eigenvalue weighted by Crippen LogP contribution is 2.43. The van der Waals surface area contributed by atoms with Crippen molar-refractivity contribution in [3.05, 3.63) is 42.4 Å². The van der Waals surface area contributed by atoms with E-state index in [1.807, 2.05) is 24.0 Å². The van der Waals surface area contributed by atoms with Crippen LogP contribution in [0.2, 0.25) is 0 Å². The molecule has 2 aromatic heterocycles. The zero-order valence-electron chi connectivity index (χ0n) is 17.3. The van der Waals surface area contributed by atoms with Crippen LogP contribution in [0.1, 0.15) is 31.2 Å². The van der Waals surface area contributed by atoms with Crippen LogP contribution >= 0.6 is 0 Å². The van der Waals surface area contributed by atoms with E-state index in [0.717, 1.165) is 68.1 Å². The van der Waals surface area contributed by atoms with Gasteiger partial charge < -0.3 is 9.64 Å². The first kappa shape index (κ1) is 18.0. The van der Waals surface area contributed by atoms with Gasteiger partial charge in [0.25, 0.3) is 0 Å². The van der Waals surface area contributed by atoms with Crippen LogP contribution in [-0.4, -0.2) is 59.3 Å². The third kappa shape index (κ3) is 2.68. The van der Waals surface area contributed by atoms with Crippen LogP contribution in [0, 0.1) is 5.41 Å². The van der Waals surface area contributed by atoms with Gasteiger partial charge in [0.05, 0.1) is 18.3 Å². The van der Waals surface area contributed by atoms with E-state index in [4.69, 9.17) is 4.74 Å². The molecular formula is C23H26N6O. The maximum Gasteiger partial charge on any atom is 0.159 e. The SMILES string of the molecule is CN=CC1(c2ccc3cnn(-c4cc(N5CC6(CCOC6)C5)ncn4)c3c2)CCC1. The van der Waals surface area contributed by atoms with Crippen LogP contribution in [0.25, 0.3) is 16.7 Å². The molecule has 0 N–H and O–H groups in total. The Bertz CT molecular complexity index is 1120. The molecular weight excluding hydrogens is 376 g/mol. The van der Waals surface area contributed by atoms with Crippen molar-refractivity contribution in [1.82, 2.24) is 19.7 Å². The Morgan fingerprint density at radius 3 is 2.70 bits per heavy atom. The lowest BCUT2D eigenvalue weighted by atomic mass is 9.65. The summed E-state index contributed by atoms with van der Waals surface area (Å²) in [7, 11) is 1.86. The zero-order valence-corrected chi connectivity index (χ0v) is 17.3. The highest BCUT2D eigenvalue weighted by atomic mass is 16.5. The summed E-state index contributed by atoms with van der Waals surface area (Å²) in [5.74, 6) is 1.77. The van der Waals surface area contributed by atoms with Crippen LogP contribution in [0.4, 0.5) is 5.82 Å². The Labute approximate surface area is 175 Å². The fraction of sp³-hybridized carbons (Fsp3) is 0.478. The molecule has 30 heavy (non-hydrogen) atoms. The Hall–Kier alpha value is -2.80. The lowest BCUT2D eigenvalue weighted by molar-refractivity contribution is 0.131. The molecule has 0 amide bonds. The van der Waals surface area contributed by atoms with Crippen molar-refractivity contribution in [2.24, 2.45) is 10.4 Å². The standard InChI is InChI=1S/C23H26N6O/c1-24-12-23(5-2-6-23)18-4-3-17-11-27-29(19(17)9-18)21-10-20(25-16-26-21)28-13-22(14-28)7-8-30-15-22/h3-4,9-12,16H,2,5-8,13-15H2,1H3. The van der Waals surface area contributed by atoms with Gasteiger partial charge in [-0.2, -0.15) is 5.10 Å². The first-order chi connectivity index (χ1) is 14.7. The van der Waals surface area contributed by atoms with Gasteiger partial charge >= 0.3 is 0 Å². The molecule has 3 aliphatic rings. The molecule has 7 nitrogen and oxygen atoms in total. The maximum atomic E-state index is 5.60. The van der Waals surface area contributed by atoms with Crippen molar-refractivity contribution in [3.8, 4) is 5.82 Å². The molecule has 3 fully saturated rings. The van der Waals surface area contributed by atoms with Crippen LogP contribution in [0.15, 0.2) is 41.8 Å². The van der Waals surface area contributed by atoms with E-state index in [0.29, 0.717) is 5.41 Å². The zero-order chi connectivity index (χ0) is 20.2. The van der Waals surface area contributed by atoms with E-state index in [-0.39, 0.29) is 5.41 Å². The summed E-state index contributed by atoms with van der Waals surface area (Å²) < 4.78 is 7.54. The Morgan fingerprint density at radius 2 is 1.97 bits per heavy atom. The van der Waals surface area contributed by atoms with E-state index >= 15 is 0 Å². The molecule has 2 aliphatic heterocycles. The lowest BCUT2D eigenvalue weighted by Crippen LogP contribution is -2.57. The van der Waals surface area contributed by atoms with Crippen LogP contribution in [0.5, 0.6) is 0 Å². The van der Waals surface area contributed by atoms with Gasteiger partial charge in [0.15, 0.2) is 5.82 Å². The number of benzene rings is 1. The average Bonchev–Trinajstić information content (AvgIpc) is 3.36. The Morgan fingerprint density at radius 1 is 1.10 bits per heavy atom. The third-order valence-electron chi connectivity index (χ3n) is 7.18. The van der Waals surface area contributed by atoms with Gasteiger partial charge in [0.1, 0.15) is 12.1 Å². The fourth-order valence-corrected chi connectivity index (χ4v) is 5.26. The molecule has 3 aromatic rings. The van der Waals surface area contributed by atoms with Crippen molar-refractivity contribution < 1.29 is 4.74 Å². The molecule has 7 heteroatoms. The normalized spacial score (nSPS) is 22.0. The summed E-state index contributed by atoms with van der Waals surface area (Å²) in [5, 5.41) is 5.77. The predicted octanol–water partition coefficient (Wildman–Crippen LogP) is 3.16. The van der Waals surface area contributed by atoms with E-state index in [1.165, 1.54) is 12.0 Å². The monoisotopic (exact) mass is 402 g/mol. The molecule has 1 aromatic carbocycles. The van der Waals surface area contributed by atoms with E-state index in [2.05, 4.69) is 49.4 Å². The van der Waals surface area contributed by atoms with Crippen LogP contribution < -0.4 is 4.90 Å². The fourth-order valence-electron chi connectivity index (χ4n) is 5.26. The quantitative estimate of drug-likeness (QED) is 0.627. The summed E-state index contributed by atoms with van der Waals surface area (Å²) in [6.45, 7) is 3.77. The molecule has 0 unspecified atom stereocenters. The average molecular weight is 403 g/mol. The number of ether oxygens (including phenoxy) is 1. The largest absolute Gasteiger partial charge is 0.381 e. The number of fused-ring (bicyclic) bond motifs is 1. The third-order valence-corrected chi connectivity index (χ3v) is 7.18. The van der Waals surface area contributed by atoms with Gasteiger partial charge in [0.2, 0.25) is 0 Å². The topological polar surface area (TPSA) is 68.4 Å². The summed E-state index contributed by atoms with van der Waals surface area (Å²) in [6, 6.07) is 8.71. The van der Waals surface area contributed by atoms with Crippen molar-refractivity contribution in [2.45, 2.75) is 31.1 Å². The number of anilines is 1. The molecule has 2 saturated heterocycles. The first-order valence-electron chi connectivity index (χ1n) is 10.8. The number of hydrogen-bond acceptors (Lipinski definition) is 6. The number of aliphatic imine (C=N–C) groups is 1. The Kier molecular flexibility index (Phi) is 3.96. The van der Waals surface area contributed by atoms with Gasteiger partial charge in [-0.1, -0.05) is 18.6 Å². The summed E-state index contributed by atoms with van der Waals surface area (Å²) in [5.41, 5.74) is 2.80. The molecule has 4 heterocycles. The van der Waals surface area contributed by atoms with Crippen molar-refractivity contribution in [1.29, 1.82) is 0 Å². The second-order valence-electron chi connectivity index (χ2n) is 9.12. The van der Waals surface area contributed by atoms with E-state index in [9.17, 15) is 0 Å². The molecule has 0 radical (unpaired) electrons. The minimum atomic E-state index is 0.0736. The van der Waals surface area contributed by atoms with Gasteiger partial charge in [-0.15, -0.1) is 0 Å². The molecule has 1 saturated carbocycles. The molecule has 1 spiro atoms. The van der Waals surface area contributed by atoms with Gasteiger partial charge in [-0.05, 0) is 30.9 Å². The molecule has 0 atom stereocenters. The minimum Gasteiger partial charge on any atom is -0.381 e. The van der Waals surface area contributed by atoms with Crippen molar-refractivity contribution in [2.75, 3.05) is 38.3 Å². The van der Waals surface area contributed by atoms with E-state index < -0.39 is 0 Å². The number of hydrogen-bond donors (Lipinski definition) is 0. The number of nitrogens with zero attached hydrogens (tertiary/aromatic N) is 6. The number of rotatable bonds is 4. The van der Waals surface area contributed by atoms with Crippen molar-refractivity contribution >= 4 is 22.9 Å². The highest BCUT2D eigenvalue weighted by Gasteiger charge is 2.46. The number of aromatic nitrogens is 4. The minimum absolute atomic E-state index is 0.0736.